The zero-order valence-electron chi connectivity index (χ0n) is 15.4. The molecule has 3 amide bonds. The molecule has 1 heterocycles. The number of anilines is 1. The first kappa shape index (κ1) is 19.2. The van der Waals surface area contributed by atoms with Crippen molar-refractivity contribution in [1.82, 2.24) is 10.2 Å². The smallest absolute Gasteiger partial charge is 0.317 e. The number of nitrogens with one attached hydrogen (secondary N) is 2. The highest BCUT2D eigenvalue weighted by Crippen LogP contribution is 2.28. The van der Waals surface area contributed by atoms with Gasteiger partial charge in [0.15, 0.2) is 0 Å². The number of benzene rings is 2. The zero-order valence-corrected chi connectivity index (χ0v) is 16.1. The van der Waals surface area contributed by atoms with Crippen molar-refractivity contribution in [3.63, 3.8) is 0 Å². The van der Waals surface area contributed by atoms with Crippen molar-refractivity contribution >= 4 is 29.2 Å². The van der Waals surface area contributed by atoms with Crippen LogP contribution in [-0.4, -0.2) is 36.5 Å². The van der Waals surface area contributed by atoms with Gasteiger partial charge in [0.1, 0.15) is 0 Å². The van der Waals surface area contributed by atoms with Crippen molar-refractivity contribution in [3.05, 3.63) is 64.7 Å². The Hall–Kier alpha value is -2.53. The maximum absolute atomic E-state index is 12.6. The van der Waals surface area contributed by atoms with E-state index < -0.39 is 0 Å². The number of carbonyl (C=O) groups excluding carboxylic acids is 2. The van der Waals surface area contributed by atoms with Crippen molar-refractivity contribution in [1.29, 1.82) is 0 Å². The number of piperidine rings is 1. The zero-order chi connectivity index (χ0) is 19.2. The van der Waals surface area contributed by atoms with E-state index in [-0.39, 0.29) is 17.9 Å². The van der Waals surface area contributed by atoms with Gasteiger partial charge in [-0.3, -0.25) is 4.79 Å². The Morgan fingerprint density at radius 3 is 2.78 bits per heavy atom. The highest BCUT2D eigenvalue weighted by molar-refractivity contribution is 6.33. The predicted molar refractivity (Wildman–Crippen MR) is 108 cm³/mol. The number of carbonyl (C=O) groups is 2. The van der Waals surface area contributed by atoms with Crippen molar-refractivity contribution in [2.45, 2.75) is 25.7 Å². The van der Waals surface area contributed by atoms with Crippen molar-refractivity contribution in [2.24, 2.45) is 0 Å². The number of para-hydroxylation sites is 1. The summed E-state index contributed by atoms with van der Waals surface area (Å²) in [4.78, 5) is 26.6. The van der Waals surface area contributed by atoms with Gasteiger partial charge < -0.3 is 15.5 Å². The largest absolute Gasteiger partial charge is 0.338 e. The van der Waals surface area contributed by atoms with Gasteiger partial charge in [-0.25, -0.2) is 4.79 Å². The Kier molecular flexibility index (Phi) is 6.35. The van der Waals surface area contributed by atoms with E-state index in [1.807, 2.05) is 42.2 Å². The minimum atomic E-state index is -0.193. The van der Waals surface area contributed by atoms with E-state index in [4.69, 9.17) is 11.6 Å². The third-order valence-corrected chi connectivity index (χ3v) is 5.11. The lowest BCUT2D eigenvalue weighted by Gasteiger charge is -2.33. The van der Waals surface area contributed by atoms with E-state index in [0.717, 1.165) is 24.9 Å². The number of likely N-dealkylation sites (tertiary alicyclic amines) is 1. The first-order valence-electron chi connectivity index (χ1n) is 9.27. The van der Waals surface area contributed by atoms with E-state index >= 15 is 0 Å². The third-order valence-electron chi connectivity index (χ3n) is 4.78. The second kappa shape index (κ2) is 8.91. The highest BCUT2D eigenvalue weighted by Gasteiger charge is 2.25. The molecule has 1 atom stereocenters. The molecule has 0 radical (unpaired) electrons. The molecule has 0 saturated carbocycles. The van der Waals surface area contributed by atoms with Gasteiger partial charge in [0.2, 0.25) is 0 Å². The van der Waals surface area contributed by atoms with Gasteiger partial charge in [-0.15, -0.1) is 0 Å². The lowest BCUT2D eigenvalue weighted by molar-refractivity contribution is 0.102. The Balaban J connectivity index is 1.72. The number of hydrogen-bond acceptors (Lipinski definition) is 2. The molecule has 2 aromatic rings. The van der Waals surface area contributed by atoms with E-state index in [1.54, 1.807) is 18.2 Å². The average Bonchev–Trinajstić information content (AvgIpc) is 2.70. The fourth-order valence-electron chi connectivity index (χ4n) is 3.39. The summed E-state index contributed by atoms with van der Waals surface area (Å²) in [5.74, 6) is 0.0377. The number of amides is 3. The minimum Gasteiger partial charge on any atom is -0.338 e. The molecule has 0 aromatic heterocycles. The van der Waals surface area contributed by atoms with Gasteiger partial charge in [-0.2, -0.15) is 0 Å². The summed E-state index contributed by atoms with van der Waals surface area (Å²) in [6.07, 6.45) is 1.96. The quantitative estimate of drug-likeness (QED) is 0.813. The fourth-order valence-corrected chi connectivity index (χ4v) is 3.57. The molecule has 0 aliphatic carbocycles. The molecule has 1 saturated heterocycles. The lowest BCUT2D eigenvalue weighted by atomic mass is 9.89. The Bertz CT molecular complexity index is 825. The maximum Gasteiger partial charge on any atom is 0.317 e. The van der Waals surface area contributed by atoms with Crippen LogP contribution < -0.4 is 10.6 Å². The molecule has 1 unspecified atom stereocenters. The summed E-state index contributed by atoms with van der Waals surface area (Å²) in [6.45, 7) is 3.98. The van der Waals surface area contributed by atoms with Gasteiger partial charge in [0.05, 0.1) is 10.7 Å². The van der Waals surface area contributed by atoms with Crippen LogP contribution in [0.3, 0.4) is 0 Å². The van der Waals surface area contributed by atoms with Crippen LogP contribution in [0, 0.1) is 0 Å². The minimum absolute atomic E-state index is 0.0187. The van der Waals surface area contributed by atoms with Crippen LogP contribution in [-0.2, 0) is 0 Å². The summed E-state index contributed by atoms with van der Waals surface area (Å²) >= 11 is 6.12. The Morgan fingerprint density at radius 2 is 2.00 bits per heavy atom. The van der Waals surface area contributed by atoms with Gasteiger partial charge in [-0.1, -0.05) is 35.9 Å². The maximum atomic E-state index is 12.6. The first-order chi connectivity index (χ1) is 13.1. The van der Waals surface area contributed by atoms with E-state index in [9.17, 15) is 9.59 Å². The second-order valence-corrected chi connectivity index (χ2v) is 7.09. The summed E-state index contributed by atoms with van der Waals surface area (Å²) in [5.41, 5.74) is 2.26. The molecule has 1 fully saturated rings. The van der Waals surface area contributed by atoms with Gasteiger partial charge >= 0.3 is 6.03 Å². The molecule has 5 nitrogen and oxygen atoms in total. The average molecular weight is 386 g/mol. The molecule has 0 spiro atoms. The number of urea groups is 1. The van der Waals surface area contributed by atoms with E-state index in [0.29, 0.717) is 29.4 Å². The van der Waals surface area contributed by atoms with Crippen molar-refractivity contribution in [2.75, 3.05) is 25.0 Å². The summed E-state index contributed by atoms with van der Waals surface area (Å²) < 4.78 is 0. The molecule has 1 aliphatic heterocycles. The molecular formula is C21H24ClN3O2. The highest BCUT2D eigenvalue weighted by atomic mass is 35.5. The lowest BCUT2D eigenvalue weighted by Crippen LogP contribution is -2.44. The Labute approximate surface area is 164 Å². The molecule has 3 rings (SSSR count). The van der Waals surface area contributed by atoms with Crippen molar-refractivity contribution < 1.29 is 9.59 Å². The molecule has 27 heavy (non-hydrogen) atoms. The number of nitrogens with zero attached hydrogens (tertiary/aromatic N) is 1. The van der Waals surface area contributed by atoms with E-state index in [1.165, 1.54) is 0 Å². The standard InChI is InChI=1S/C21H24ClN3O2/c1-2-23-21(27)25-12-6-9-17(14-25)15-7-5-8-16(13-15)20(26)24-19-11-4-3-10-18(19)22/h3-5,7-8,10-11,13,17H,2,6,9,12,14H2,1H3,(H,23,27)(H,24,26). The number of rotatable bonds is 4. The van der Waals surface area contributed by atoms with Crippen LogP contribution >= 0.6 is 11.6 Å². The Morgan fingerprint density at radius 1 is 1.19 bits per heavy atom. The molecular weight excluding hydrogens is 362 g/mol. The SMILES string of the molecule is CCNC(=O)N1CCCC(c2cccc(C(=O)Nc3ccccc3Cl)c2)C1. The van der Waals surface area contributed by atoms with Crippen LogP contribution in [0.25, 0.3) is 0 Å². The number of halogens is 1. The van der Waals surface area contributed by atoms with Gasteiger partial charge in [-0.05, 0) is 49.6 Å². The normalized spacial score (nSPS) is 16.7. The molecule has 2 aromatic carbocycles. The molecule has 2 N–H and O–H groups in total. The van der Waals surface area contributed by atoms with Crippen LogP contribution in [0.4, 0.5) is 10.5 Å². The van der Waals surface area contributed by atoms with Crippen LogP contribution in [0.1, 0.15) is 41.6 Å². The topological polar surface area (TPSA) is 61.4 Å². The summed E-state index contributed by atoms with van der Waals surface area (Å²) in [5, 5.41) is 6.22. The monoisotopic (exact) mass is 385 g/mol. The van der Waals surface area contributed by atoms with Crippen LogP contribution in [0.5, 0.6) is 0 Å². The van der Waals surface area contributed by atoms with Crippen LogP contribution in [0.2, 0.25) is 5.02 Å². The predicted octanol–water partition coefficient (Wildman–Crippen LogP) is 4.50. The third kappa shape index (κ3) is 4.80. The van der Waals surface area contributed by atoms with E-state index in [2.05, 4.69) is 10.6 Å². The molecule has 142 valence electrons. The number of hydrogen-bond donors (Lipinski definition) is 2. The van der Waals surface area contributed by atoms with Crippen LogP contribution in [0.15, 0.2) is 48.5 Å². The molecule has 6 heteroatoms. The first-order valence-corrected chi connectivity index (χ1v) is 9.65. The van der Waals surface area contributed by atoms with Gasteiger partial charge in [0, 0.05) is 31.1 Å². The summed E-state index contributed by atoms with van der Waals surface area (Å²) in [6, 6.07) is 14.8. The van der Waals surface area contributed by atoms with Crippen molar-refractivity contribution in [3.8, 4) is 0 Å². The fraction of sp³-hybridized carbons (Fsp3) is 0.333. The summed E-state index contributed by atoms with van der Waals surface area (Å²) in [7, 11) is 0. The molecule has 1 aliphatic rings. The second-order valence-electron chi connectivity index (χ2n) is 6.68. The van der Waals surface area contributed by atoms with Gasteiger partial charge in [0.25, 0.3) is 5.91 Å². The molecule has 0 bridgehead atoms.